The van der Waals surface area contributed by atoms with Gasteiger partial charge in [0, 0.05) is 41.1 Å². The Morgan fingerprint density at radius 3 is 2.50 bits per heavy atom. The van der Waals surface area contributed by atoms with Crippen molar-refractivity contribution >= 4 is 35.2 Å². The molecule has 0 saturated heterocycles. The second kappa shape index (κ2) is 10.5. The fourth-order valence-corrected chi connectivity index (χ4v) is 2.62. The molecule has 22 heavy (non-hydrogen) atoms. The Balaban J connectivity index is 2.11. The Hall–Kier alpha value is -1.20. The van der Waals surface area contributed by atoms with Crippen LogP contribution in [0.5, 0.6) is 0 Å². The van der Waals surface area contributed by atoms with E-state index in [1.54, 1.807) is 11.8 Å². The van der Waals surface area contributed by atoms with E-state index in [0.29, 0.717) is 30.2 Å². The lowest BCUT2D eigenvalue weighted by atomic mass is 10.2. The van der Waals surface area contributed by atoms with E-state index >= 15 is 0 Å². The zero-order chi connectivity index (χ0) is 16.4. The normalized spacial score (nSPS) is 11.8. The van der Waals surface area contributed by atoms with E-state index in [1.165, 1.54) is 0 Å². The quantitative estimate of drug-likeness (QED) is 0.677. The smallest absolute Gasteiger partial charge is 0.221 e. The number of hydrogen-bond donors (Lipinski definition) is 2. The second-order valence-electron chi connectivity index (χ2n) is 5.03. The van der Waals surface area contributed by atoms with Crippen LogP contribution >= 0.6 is 23.4 Å². The van der Waals surface area contributed by atoms with Crippen LogP contribution in [-0.4, -0.2) is 30.2 Å². The van der Waals surface area contributed by atoms with E-state index in [9.17, 15) is 9.59 Å². The third-order valence-corrected chi connectivity index (χ3v) is 4.37. The minimum Gasteiger partial charge on any atom is -0.356 e. The minimum atomic E-state index is -0.0298. The number of nitrogens with one attached hydrogen (secondary N) is 2. The summed E-state index contributed by atoms with van der Waals surface area (Å²) in [6, 6.07) is 7.72. The van der Waals surface area contributed by atoms with Crippen molar-refractivity contribution in [3.8, 4) is 0 Å². The summed E-state index contributed by atoms with van der Waals surface area (Å²) in [4.78, 5) is 24.3. The lowest BCUT2D eigenvalue weighted by Crippen LogP contribution is -2.35. The van der Waals surface area contributed by atoms with Gasteiger partial charge in [-0.3, -0.25) is 9.59 Å². The molecule has 0 heterocycles. The highest BCUT2D eigenvalue weighted by molar-refractivity contribution is 7.99. The SMILES string of the molecule is CCC(C)NC(=O)CCNC(=O)CCSc1ccc(Cl)cc1. The summed E-state index contributed by atoms with van der Waals surface area (Å²) in [7, 11) is 0. The van der Waals surface area contributed by atoms with Crippen molar-refractivity contribution in [1.82, 2.24) is 10.6 Å². The molecule has 2 amide bonds. The number of halogens is 1. The van der Waals surface area contributed by atoms with Gasteiger partial charge in [-0.25, -0.2) is 0 Å². The first-order chi connectivity index (χ1) is 10.5. The van der Waals surface area contributed by atoms with E-state index in [1.807, 2.05) is 38.1 Å². The van der Waals surface area contributed by atoms with Gasteiger partial charge in [-0.15, -0.1) is 11.8 Å². The Morgan fingerprint density at radius 1 is 1.18 bits per heavy atom. The number of benzene rings is 1. The summed E-state index contributed by atoms with van der Waals surface area (Å²) < 4.78 is 0. The second-order valence-corrected chi connectivity index (χ2v) is 6.63. The van der Waals surface area contributed by atoms with Crippen LogP contribution in [0.2, 0.25) is 5.02 Å². The molecule has 0 fully saturated rings. The summed E-state index contributed by atoms with van der Waals surface area (Å²) >= 11 is 7.42. The van der Waals surface area contributed by atoms with Crippen molar-refractivity contribution in [2.45, 2.75) is 44.0 Å². The topological polar surface area (TPSA) is 58.2 Å². The summed E-state index contributed by atoms with van der Waals surface area (Å²) in [5.74, 6) is 0.648. The molecule has 1 atom stereocenters. The molecular formula is C16H23ClN2O2S. The Kier molecular flexibility index (Phi) is 9.01. The predicted molar refractivity (Wildman–Crippen MR) is 92.3 cm³/mol. The highest BCUT2D eigenvalue weighted by Gasteiger charge is 2.06. The molecule has 0 radical (unpaired) electrons. The summed E-state index contributed by atoms with van der Waals surface area (Å²) in [5.41, 5.74) is 0. The first kappa shape index (κ1) is 18.8. The van der Waals surface area contributed by atoms with E-state index < -0.39 is 0 Å². The van der Waals surface area contributed by atoms with Gasteiger partial charge in [-0.05, 0) is 37.6 Å². The molecular weight excluding hydrogens is 320 g/mol. The molecule has 4 nitrogen and oxygen atoms in total. The number of carbonyl (C=O) groups is 2. The first-order valence-corrected chi connectivity index (χ1v) is 8.82. The number of amides is 2. The fourth-order valence-electron chi connectivity index (χ4n) is 1.65. The monoisotopic (exact) mass is 342 g/mol. The van der Waals surface area contributed by atoms with Crippen LogP contribution in [0.1, 0.15) is 33.1 Å². The third kappa shape index (κ3) is 8.29. The minimum absolute atomic E-state index is 0.0230. The largest absolute Gasteiger partial charge is 0.356 e. The molecule has 1 unspecified atom stereocenters. The lowest BCUT2D eigenvalue weighted by Gasteiger charge is -2.11. The molecule has 0 aromatic heterocycles. The van der Waals surface area contributed by atoms with Gasteiger partial charge in [-0.1, -0.05) is 18.5 Å². The van der Waals surface area contributed by atoms with Crippen molar-refractivity contribution in [1.29, 1.82) is 0 Å². The summed E-state index contributed by atoms with van der Waals surface area (Å²) in [5, 5.41) is 6.34. The van der Waals surface area contributed by atoms with Crippen LogP contribution in [0.4, 0.5) is 0 Å². The van der Waals surface area contributed by atoms with Crippen LogP contribution < -0.4 is 10.6 Å². The zero-order valence-corrected chi connectivity index (χ0v) is 14.6. The van der Waals surface area contributed by atoms with Gasteiger partial charge in [-0.2, -0.15) is 0 Å². The summed E-state index contributed by atoms with van der Waals surface area (Å²) in [6.45, 7) is 4.36. The van der Waals surface area contributed by atoms with E-state index in [2.05, 4.69) is 10.6 Å². The van der Waals surface area contributed by atoms with Crippen LogP contribution in [0.3, 0.4) is 0 Å². The molecule has 1 aromatic rings. The molecule has 122 valence electrons. The van der Waals surface area contributed by atoms with Gasteiger partial charge in [0.2, 0.25) is 11.8 Å². The van der Waals surface area contributed by atoms with E-state index in [4.69, 9.17) is 11.6 Å². The zero-order valence-electron chi connectivity index (χ0n) is 13.0. The van der Waals surface area contributed by atoms with E-state index in [0.717, 1.165) is 11.3 Å². The highest BCUT2D eigenvalue weighted by atomic mass is 35.5. The van der Waals surface area contributed by atoms with Crippen LogP contribution in [0.15, 0.2) is 29.2 Å². The van der Waals surface area contributed by atoms with Crippen LogP contribution in [0, 0.1) is 0 Å². The van der Waals surface area contributed by atoms with Crippen LogP contribution in [-0.2, 0) is 9.59 Å². The Bertz CT molecular complexity index is 480. The average Bonchev–Trinajstić information content (AvgIpc) is 2.49. The fraction of sp³-hybridized carbons (Fsp3) is 0.500. The van der Waals surface area contributed by atoms with Crippen molar-refractivity contribution in [2.24, 2.45) is 0 Å². The predicted octanol–water partition coefficient (Wildman–Crippen LogP) is 3.24. The third-order valence-electron chi connectivity index (χ3n) is 3.11. The Morgan fingerprint density at radius 2 is 1.86 bits per heavy atom. The molecule has 6 heteroatoms. The molecule has 1 rings (SSSR count). The summed E-state index contributed by atoms with van der Waals surface area (Å²) in [6.07, 6.45) is 1.65. The molecule has 2 N–H and O–H groups in total. The molecule has 0 aliphatic rings. The highest BCUT2D eigenvalue weighted by Crippen LogP contribution is 2.20. The maximum atomic E-state index is 11.7. The number of thioether (sulfide) groups is 1. The lowest BCUT2D eigenvalue weighted by molar-refractivity contribution is -0.122. The Labute approximate surface area is 141 Å². The van der Waals surface area contributed by atoms with Crippen molar-refractivity contribution in [3.05, 3.63) is 29.3 Å². The van der Waals surface area contributed by atoms with Crippen molar-refractivity contribution in [2.75, 3.05) is 12.3 Å². The first-order valence-electron chi connectivity index (χ1n) is 7.45. The maximum absolute atomic E-state index is 11.7. The average molecular weight is 343 g/mol. The van der Waals surface area contributed by atoms with E-state index in [-0.39, 0.29) is 17.9 Å². The molecule has 0 bridgehead atoms. The van der Waals surface area contributed by atoms with Crippen LogP contribution in [0.25, 0.3) is 0 Å². The maximum Gasteiger partial charge on any atom is 0.221 e. The van der Waals surface area contributed by atoms with Gasteiger partial charge in [0.15, 0.2) is 0 Å². The van der Waals surface area contributed by atoms with Gasteiger partial charge in [0.1, 0.15) is 0 Å². The van der Waals surface area contributed by atoms with Crippen molar-refractivity contribution < 1.29 is 9.59 Å². The number of rotatable bonds is 9. The van der Waals surface area contributed by atoms with Gasteiger partial charge < -0.3 is 10.6 Å². The molecule has 0 saturated carbocycles. The molecule has 0 aliphatic heterocycles. The molecule has 0 spiro atoms. The standard InChI is InChI=1S/C16H23ClN2O2S/c1-3-12(2)19-16(21)8-10-18-15(20)9-11-22-14-6-4-13(17)5-7-14/h4-7,12H,3,8-11H2,1-2H3,(H,18,20)(H,19,21). The number of hydrogen-bond acceptors (Lipinski definition) is 3. The molecule has 0 aliphatic carbocycles. The van der Waals surface area contributed by atoms with Crippen molar-refractivity contribution in [3.63, 3.8) is 0 Å². The molecule has 1 aromatic carbocycles. The van der Waals surface area contributed by atoms with Gasteiger partial charge in [0.05, 0.1) is 0 Å². The number of carbonyl (C=O) groups excluding carboxylic acids is 2. The van der Waals surface area contributed by atoms with Gasteiger partial charge >= 0.3 is 0 Å². The van der Waals surface area contributed by atoms with Gasteiger partial charge in [0.25, 0.3) is 0 Å².